The number of amides is 2. The monoisotopic (exact) mass is 474 g/mol. The Morgan fingerprint density at radius 1 is 0.750 bits per heavy atom. The summed E-state index contributed by atoms with van der Waals surface area (Å²) in [5, 5.41) is 21.3. The van der Waals surface area contributed by atoms with Crippen LogP contribution < -0.4 is 33.6 Å². The number of nitrogens with two attached hydrogens (primary N) is 4. The van der Waals surface area contributed by atoms with Gasteiger partial charge in [-0.25, -0.2) is 9.59 Å². The fraction of sp³-hybridized carbons (Fsp3) is 0.765. The van der Waals surface area contributed by atoms with E-state index in [1.807, 2.05) is 0 Å². The molecule has 3 atom stereocenters. The summed E-state index contributed by atoms with van der Waals surface area (Å²) in [5.41, 5.74) is 22.0. The first-order chi connectivity index (χ1) is 14.8. The lowest BCUT2D eigenvalue weighted by Crippen LogP contribution is -2.54. The van der Waals surface area contributed by atoms with E-state index in [4.69, 9.17) is 32.8 Å². The quantitative estimate of drug-likeness (QED) is 0.141. The number of halogens is 3. The van der Waals surface area contributed by atoms with Gasteiger partial charge in [-0.3, -0.25) is 9.59 Å². The maximum Gasteiger partial charge on any atom is 0.490 e. The lowest BCUT2D eigenvalue weighted by Gasteiger charge is -2.22. The highest BCUT2D eigenvalue weighted by Crippen LogP contribution is 2.13. The standard InChI is InChI=1S/C15H32N6O4.C2HF3O2/c16-7-1-4-10(19)13(22)20-11(5-2-8-17)14(23)21-12(15(24)25)6-3-9-18;3-2(4,5)1(6)7/h10-12H,1-9,16-19H2,(H,20,22)(H,21,23)(H,24,25);(H,6,7)/t10-,11-,12-;/m0./s1. The van der Waals surface area contributed by atoms with Gasteiger partial charge in [-0.15, -0.1) is 0 Å². The summed E-state index contributed by atoms with van der Waals surface area (Å²) < 4.78 is 31.7. The number of aliphatic carboxylic acids is 2. The number of carboxylic acids is 2. The third-order valence-corrected chi connectivity index (χ3v) is 3.94. The van der Waals surface area contributed by atoms with E-state index in [-0.39, 0.29) is 6.42 Å². The highest BCUT2D eigenvalue weighted by molar-refractivity contribution is 5.91. The van der Waals surface area contributed by atoms with Crippen molar-refractivity contribution in [2.24, 2.45) is 22.9 Å². The van der Waals surface area contributed by atoms with Gasteiger partial charge in [-0.2, -0.15) is 13.2 Å². The first kappa shape index (κ1) is 31.7. The Kier molecular flexibility index (Phi) is 16.9. The predicted octanol–water partition coefficient (Wildman–Crippen LogP) is -1.78. The van der Waals surface area contributed by atoms with Crippen molar-refractivity contribution in [3.63, 3.8) is 0 Å². The minimum Gasteiger partial charge on any atom is -0.480 e. The average Bonchev–Trinajstić information content (AvgIpc) is 2.71. The highest BCUT2D eigenvalue weighted by Gasteiger charge is 2.38. The Balaban J connectivity index is 0. The molecule has 0 aromatic rings. The number of rotatable bonds is 14. The molecule has 0 fully saturated rings. The van der Waals surface area contributed by atoms with Crippen molar-refractivity contribution in [2.75, 3.05) is 19.6 Å². The summed E-state index contributed by atoms with van der Waals surface area (Å²) in [4.78, 5) is 44.6. The van der Waals surface area contributed by atoms with Crippen molar-refractivity contribution in [3.05, 3.63) is 0 Å². The van der Waals surface area contributed by atoms with Crippen LogP contribution in [0.4, 0.5) is 13.2 Å². The molecule has 0 saturated heterocycles. The molecule has 0 aromatic carbocycles. The smallest absolute Gasteiger partial charge is 0.480 e. The van der Waals surface area contributed by atoms with Crippen LogP contribution >= 0.6 is 0 Å². The van der Waals surface area contributed by atoms with E-state index in [2.05, 4.69) is 10.6 Å². The summed E-state index contributed by atoms with van der Waals surface area (Å²) in [6.45, 7) is 1.08. The number of carbonyl (C=O) groups is 4. The van der Waals surface area contributed by atoms with E-state index in [9.17, 15) is 32.7 Å². The van der Waals surface area contributed by atoms with Gasteiger partial charge in [0.25, 0.3) is 0 Å². The zero-order valence-electron chi connectivity index (χ0n) is 17.6. The summed E-state index contributed by atoms with van der Waals surface area (Å²) in [7, 11) is 0. The number of carbonyl (C=O) groups excluding carboxylic acids is 2. The van der Waals surface area contributed by atoms with Crippen molar-refractivity contribution in [1.29, 1.82) is 0 Å². The minimum atomic E-state index is -5.08. The van der Waals surface area contributed by atoms with Gasteiger partial charge in [0, 0.05) is 0 Å². The zero-order valence-corrected chi connectivity index (χ0v) is 17.6. The lowest BCUT2D eigenvalue weighted by atomic mass is 10.1. The Morgan fingerprint density at radius 2 is 1.12 bits per heavy atom. The van der Waals surface area contributed by atoms with E-state index in [0.717, 1.165) is 0 Å². The van der Waals surface area contributed by atoms with Gasteiger partial charge >= 0.3 is 18.1 Å². The van der Waals surface area contributed by atoms with Gasteiger partial charge in [0.05, 0.1) is 6.04 Å². The van der Waals surface area contributed by atoms with Crippen molar-refractivity contribution in [3.8, 4) is 0 Å². The Morgan fingerprint density at radius 3 is 1.50 bits per heavy atom. The molecule has 2 amide bonds. The van der Waals surface area contributed by atoms with Gasteiger partial charge in [0.15, 0.2) is 0 Å². The lowest BCUT2D eigenvalue weighted by molar-refractivity contribution is -0.192. The molecular weight excluding hydrogens is 441 g/mol. The van der Waals surface area contributed by atoms with Crippen LogP contribution in [0.25, 0.3) is 0 Å². The van der Waals surface area contributed by atoms with Crippen LogP contribution in [0.15, 0.2) is 0 Å². The molecule has 0 radical (unpaired) electrons. The summed E-state index contributed by atoms with van der Waals surface area (Å²) in [6, 6.07) is -2.72. The molecule has 12 N–H and O–H groups in total. The molecule has 0 bridgehead atoms. The second kappa shape index (κ2) is 17.1. The molecule has 0 aliphatic rings. The van der Waals surface area contributed by atoms with Crippen LogP contribution in [0.1, 0.15) is 38.5 Å². The molecule has 188 valence electrons. The summed E-state index contributed by atoms with van der Waals surface area (Å²) >= 11 is 0. The van der Waals surface area contributed by atoms with Crippen LogP contribution in [0.5, 0.6) is 0 Å². The third-order valence-electron chi connectivity index (χ3n) is 3.94. The van der Waals surface area contributed by atoms with E-state index in [1.54, 1.807) is 0 Å². The molecule has 32 heavy (non-hydrogen) atoms. The number of carboxylic acid groups (broad SMARTS) is 2. The Bertz CT molecular complexity index is 594. The zero-order chi connectivity index (χ0) is 25.3. The number of hydrogen-bond acceptors (Lipinski definition) is 8. The van der Waals surface area contributed by atoms with Crippen LogP contribution in [0, 0.1) is 0 Å². The van der Waals surface area contributed by atoms with Gasteiger partial charge in [-0.1, -0.05) is 0 Å². The second-order valence-corrected chi connectivity index (χ2v) is 6.66. The first-order valence-corrected chi connectivity index (χ1v) is 9.81. The van der Waals surface area contributed by atoms with Crippen molar-refractivity contribution < 1.29 is 42.6 Å². The average molecular weight is 474 g/mol. The van der Waals surface area contributed by atoms with E-state index in [0.29, 0.717) is 51.7 Å². The normalized spacial score (nSPS) is 13.7. The summed E-state index contributed by atoms with van der Waals surface area (Å²) in [5.74, 6) is -4.95. The molecule has 12 nitrogen and oxygen atoms in total. The van der Waals surface area contributed by atoms with Gasteiger partial charge < -0.3 is 43.8 Å². The molecule has 0 aromatic heterocycles. The van der Waals surface area contributed by atoms with E-state index >= 15 is 0 Å². The molecule has 0 rings (SSSR count). The largest absolute Gasteiger partial charge is 0.490 e. The van der Waals surface area contributed by atoms with Crippen LogP contribution in [-0.4, -0.2) is 77.9 Å². The van der Waals surface area contributed by atoms with Gasteiger partial charge in [-0.05, 0) is 58.2 Å². The Labute approximate surface area is 183 Å². The SMILES string of the molecule is NCCC[C@H](NC(=O)[C@H](CCCN)NC(=O)[C@@H](N)CCCN)C(=O)O.O=C(O)C(F)(F)F. The van der Waals surface area contributed by atoms with Gasteiger partial charge in [0.2, 0.25) is 11.8 Å². The number of alkyl halides is 3. The maximum absolute atomic E-state index is 12.4. The molecule has 0 saturated carbocycles. The Hall–Kier alpha value is -2.49. The second-order valence-electron chi connectivity index (χ2n) is 6.66. The molecule has 0 aliphatic carbocycles. The third kappa shape index (κ3) is 15.3. The van der Waals surface area contributed by atoms with E-state index < -0.39 is 48.1 Å². The number of nitrogens with one attached hydrogen (secondary N) is 2. The van der Waals surface area contributed by atoms with Crippen molar-refractivity contribution in [2.45, 2.75) is 62.8 Å². The van der Waals surface area contributed by atoms with Gasteiger partial charge in [0.1, 0.15) is 12.1 Å². The molecular formula is C17H33F3N6O6. The van der Waals surface area contributed by atoms with Crippen LogP contribution in [0.2, 0.25) is 0 Å². The minimum absolute atomic E-state index is 0.213. The van der Waals surface area contributed by atoms with Crippen molar-refractivity contribution >= 4 is 23.8 Å². The highest BCUT2D eigenvalue weighted by atomic mass is 19.4. The number of hydrogen-bond donors (Lipinski definition) is 8. The topological polar surface area (TPSA) is 237 Å². The summed E-state index contributed by atoms with van der Waals surface area (Å²) in [6.07, 6.45) is -2.62. The van der Waals surface area contributed by atoms with Crippen molar-refractivity contribution in [1.82, 2.24) is 10.6 Å². The van der Waals surface area contributed by atoms with Crippen LogP contribution in [-0.2, 0) is 19.2 Å². The van der Waals surface area contributed by atoms with E-state index in [1.165, 1.54) is 0 Å². The molecule has 15 heteroatoms. The first-order valence-electron chi connectivity index (χ1n) is 9.81. The molecule has 0 aliphatic heterocycles. The fourth-order valence-corrected chi connectivity index (χ4v) is 2.19. The fourth-order valence-electron chi connectivity index (χ4n) is 2.19. The maximum atomic E-state index is 12.4. The van der Waals surface area contributed by atoms with Crippen LogP contribution in [0.3, 0.4) is 0 Å². The molecule has 0 heterocycles. The predicted molar refractivity (Wildman–Crippen MR) is 108 cm³/mol. The molecule has 0 unspecified atom stereocenters. The molecule has 0 spiro atoms.